The molecule has 110 valence electrons. The van der Waals surface area contributed by atoms with Crippen LogP contribution in [-0.4, -0.2) is 21.7 Å². The molecule has 1 aromatic heterocycles. The van der Waals surface area contributed by atoms with Crippen LogP contribution in [0.5, 0.6) is 0 Å². The molecule has 0 atom stereocenters. The smallest absolute Gasteiger partial charge is 0.276 e. The van der Waals surface area contributed by atoms with E-state index in [-0.39, 0.29) is 5.91 Å². The molecule has 0 aliphatic heterocycles. The Kier molecular flexibility index (Phi) is 3.51. The summed E-state index contributed by atoms with van der Waals surface area (Å²) in [4.78, 5) is 14.7. The summed E-state index contributed by atoms with van der Waals surface area (Å²) < 4.78 is 1.65. The van der Waals surface area contributed by atoms with Crippen LogP contribution in [0.4, 0.5) is 5.69 Å². The van der Waals surface area contributed by atoms with Crippen LogP contribution in [0.3, 0.4) is 0 Å². The van der Waals surface area contributed by atoms with Crippen molar-refractivity contribution >= 4 is 11.6 Å². The second-order valence-electron chi connectivity index (χ2n) is 5.57. The highest BCUT2D eigenvalue weighted by molar-refractivity contribution is 6.05. The number of aryl methyl sites for hydroxylation is 2. The second-order valence-corrected chi connectivity index (χ2v) is 5.57. The molecule has 0 unspecified atom stereocenters. The Labute approximate surface area is 124 Å². The van der Waals surface area contributed by atoms with Crippen molar-refractivity contribution in [3.05, 3.63) is 47.3 Å². The average Bonchev–Trinajstić information content (AvgIpc) is 3.24. The van der Waals surface area contributed by atoms with Crippen LogP contribution in [0.25, 0.3) is 0 Å². The number of hydrogen-bond donors (Lipinski definition) is 1. The number of nitrogens with two attached hydrogens (primary N) is 1. The summed E-state index contributed by atoms with van der Waals surface area (Å²) in [6, 6.07) is 10.0. The summed E-state index contributed by atoms with van der Waals surface area (Å²) in [5, 5.41) is 4.27. The molecule has 0 saturated heterocycles. The van der Waals surface area contributed by atoms with Gasteiger partial charge in [0.15, 0.2) is 0 Å². The Morgan fingerprint density at radius 1 is 1.38 bits per heavy atom. The number of amides is 1. The van der Waals surface area contributed by atoms with E-state index in [4.69, 9.17) is 5.73 Å². The van der Waals surface area contributed by atoms with Gasteiger partial charge in [0.05, 0.1) is 5.69 Å². The second kappa shape index (κ2) is 5.33. The zero-order valence-corrected chi connectivity index (χ0v) is 12.4. The van der Waals surface area contributed by atoms with Gasteiger partial charge >= 0.3 is 0 Å². The van der Waals surface area contributed by atoms with E-state index in [0.717, 1.165) is 29.8 Å². The number of anilines is 1. The number of rotatable bonds is 4. The fourth-order valence-corrected chi connectivity index (χ4v) is 2.55. The highest BCUT2D eigenvalue weighted by Gasteiger charge is 2.35. The summed E-state index contributed by atoms with van der Waals surface area (Å²) in [6.07, 6.45) is 2.11. The number of nitrogens with zero attached hydrogens (tertiary/aromatic N) is 3. The van der Waals surface area contributed by atoms with Crippen molar-refractivity contribution < 1.29 is 4.79 Å². The monoisotopic (exact) mass is 284 g/mol. The molecule has 1 amide bonds. The SMILES string of the molecule is Cc1cc(C(=O)N(c2ccc(CN)cc2)C2CC2)n(C)n1. The molecule has 1 heterocycles. The van der Waals surface area contributed by atoms with Crippen molar-refractivity contribution in [2.45, 2.75) is 32.4 Å². The predicted molar refractivity (Wildman–Crippen MR) is 82.1 cm³/mol. The highest BCUT2D eigenvalue weighted by atomic mass is 16.2. The van der Waals surface area contributed by atoms with Crippen molar-refractivity contribution in [2.24, 2.45) is 12.8 Å². The molecule has 0 radical (unpaired) electrons. The van der Waals surface area contributed by atoms with Gasteiger partial charge < -0.3 is 10.6 Å². The molecule has 1 saturated carbocycles. The van der Waals surface area contributed by atoms with E-state index < -0.39 is 0 Å². The molecule has 0 bridgehead atoms. The van der Waals surface area contributed by atoms with Crippen LogP contribution in [0, 0.1) is 6.92 Å². The van der Waals surface area contributed by atoms with E-state index in [1.165, 1.54) is 0 Å². The van der Waals surface area contributed by atoms with Crippen LogP contribution < -0.4 is 10.6 Å². The number of carbonyl (C=O) groups is 1. The van der Waals surface area contributed by atoms with Crippen molar-refractivity contribution in [1.29, 1.82) is 0 Å². The van der Waals surface area contributed by atoms with E-state index in [9.17, 15) is 4.79 Å². The summed E-state index contributed by atoms with van der Waals surface area (Å²) in [6.45, 7) is 2.41. The molecule has 1 aliphatic carbocycles. The predicted octanol–water partition coefficient (Wildman–Crippen LogP) is 2.00. The molecule has 5 heteroatoms. The zero-order valence-electron chi connectivity index (χ0n) is 12.4. The van der Waals surface area contributed by atoms with Gasteiger partial charge in [-0.1, -0.05) is 12.1 Å². The lowest BCUT2D eigenvalue weighted by Crippen LogP contribution is -2.34. The third kappa shape index (κ3) is 2.69. The molecule has 1 aromatic carbocycles. The molecule has 0 spiro atoms. The first kappa shape index (κ1) is 13.8. The normalized spacial score (nSPS) is 14.2. The number of aromatic nitrogens is 2. The van der Waals surface area contributed by atoms with E-state index in [0.29, 0.717) is 18.3 Å². The van der Waals surface area contributed by atoms with E-state index in [2.05, 4.69) is 5.10 Å². The van der Waals surface area contributed by atoms with Crippen molar-refractivity contribution in [3.8, 4) is 0 Å². The van der Waals surface area contributed by atoms with Crippen LogP contribution in [0.1, 0.15) is 34.6 Å². The van der Waals surface area contributed by atoms with Gasteiger partial charge in [-0.2, -0.15) is 5.10 Å². The maximum Gasteiger partial charge on any atom is 0.276 e. The zero-order chi connectivity index (χ0) is 15.0. The third-order valence-electron chi connectivity index (χ3n) is 3.80. The lowest BCUT2D eigenvalue weighted by Gasteiger charge is -2.22. The van der Waals surface area contributed by atoms with Gasteiger partial charge in [0.2, 0.25) is 0 Å². The van der Waals surface area contributed by atoms with Crippen molar-refractivity contribution in [3.63, 3.8) is 0 Å². The minimum Gasteiger partial charge on any atom is -0.326 e. The quantitative estimate of drug-likeness (QED) is 0.934. The summed E-state index contributed by atoms with van der Waals surface area (Å²) in [5.74, 6) is 0.0149. The molecule has 2 N–H and O–H groups in total. The molecule has 3 rings (SSSR count). The van der Waals surface area contributed by atoms with Gasteiger partial charge in [-0.3, -0.25) is 9.48 Å². The first-order valence-corrected chi connectivity index (χ1v) is 7.23. The van der Waals surface area contributed by atoms with Crippen LogP contribution in [0.15, 0.2) is 30.3 Å². The van der Waals surface area contributed by atoms with Crippen LogP contribution in [0.2, 0.25) is 0 Å². The molecule has 1 aliphatic rings. The topological polar surface area (TPSA) is 64.2 Å². The Morgan fingerprint density at radius 2 is 2.05 bits per heavy atom. The minimum absolute atomic E-state index is 0.0149. The van der Waals surface area contributed by atoms with Gasteiger partial charge in [0, 0.05) is 25.3 Å². The standard InChI is InChI=1S/C16H20N4O/c1-11-9-15(19(2)18-11)16(21)20(14-7-8-14)13-5-3-12(10-17)4-6-13/h3-6,9,14H,7-8,10,17H2,1-2H3. The lowest BCUT2D eigenvalue weighted by atomic mass is 10.2. The molecule has 1 fully saturated rings. The maximum atomic E-state index is 12.9. The van der Waals surface area contributed by atoms with Gasteiger partial charge in [-0.25, -0.2) is 0 Å². The largest absolute Gasteiger partial charge is 0.326 e. The Bertz CT molecular complexity index is 655. The van der Waals surface area contributed by atoms with Gasteiger partial charge in [0.1, 0.15) is 5.69 Å². The average molecular weight is 284 g/mol. The summed E-state index contributed by atoms with van der Waals surface area (Å²) >= 11 is 0. The van der Waals surface area contributed by atoms with Gasteiger partial charge in [-0.05, 0) is 43.5 Å². The van der Waals surface area contributed by atoms with Gasteiger partial charge in [0.25, 0.3) is 5.91 Å². The number of carbonyl (C=O) groups excluding carboxylic acids is 1. The van der Waals surface area contributed by atoms with Crippen molar-refractivity contribution in [2.75, 3.05) is 4.90 Å². The molecular weight excluding hydrogens is 264 g/mol. The number of hydrogen-bond acceptors (Lipinski definition) is 3. The Balaban J connectivity index is 1.94. The van der Waals surface area contributed by atoms with E-state index >= 15 is 0 Å². The van der Waals surface area contributed by atoms with Crippen LogP contribution >= 0.6 is 0 Å². The van der Waals surface area contributed by atoms with Crippen molar-refractivity contribution in [1.82, 2.24) is 9.78 Å². The fourth-order valence-electron chi connectivity index (χ4n) is 2.55. The first-order valence-electron chi connectivity index (χ1n) is 7.23. The third-order valence-corrected chi connectivity index (χ3v) is 3.80. The van der Waals surface area contributed by atoms with E-state index in [1.54, 1.807) is 4.68 Å². The Hall–Kier alpha value is -2.14. The fraction of sp³-hybridized carbons (Fsp3) is 0.375. The molecular formula is C16H20N4O. The van der Waals surface area contributed by atoms with Crippen LogP contribution in [-0.2, 0) is 13.6 Å². The first-order chi connectivity index (χ1) is 10.1. The molecule has 2 aromatic rings. The lowest BCUT2D eigenvalue weighted by molar-refractivity contribution is 0.0976. The summed E-state index contributed by atoms with van der Waals surface area (Å²) in [7, 11) is 1.81. The van der Waals surface area contributed by atoms with Gasteiger partial charge in [-0.15, -0.1) is 0 Å². The number of benzene rings is 1. The molecule has 5 nitrogen and oxygen atoms in total. The molecule has 21 heavy (non-hydrogen) atoms. The summed E-state index contributed by atoms with van der Waals surface area (Å²) in [5.41, 5.74) is 9.11. The van der Waals surface area contributed by atoms with E-state index in [1.807, 2.05) is 49.2 Å². The highest BCUT2D eigenvalue weighted by Crippen LogP contribution is 2.33. The Morgan fingerprint density at radius 3 is 2.52 bits per heavy atom. The minimum atomic E-state index is 0.0149. The maximum absolute atomic E-state index is 12.9.